The van der Waals surface area contributed by atoms with Gasteiger partial charge in [0.1, 0.15) is 5.82 Å². The molecule has 20 heavy (non-hydrogen) atoms. The quantitative estimate of drug-likeness (QED) is 0.896. The van der Waals surface area contributed by atoms with E-state index in [1.54, 1.807) is 6.07 Å². The number of pyridine rings is 1. The lowest BCUT2D eigenvalue weighted by molar-refractivity contribution is 0.0956. The topological polar surface area (TPSA) is 54.0 Å². The first-order chi connectivity index (χ1) is 9.60. The van der Waals surface area contributed by atoms with Crippen LogP contribution in [0.2, 0.25) is 0 Å². The summed E-state index contributed by atoms with van der Waals surface area (Å²) in [7, 11) is 0. The largest absolute Gasteiger partial charge is 0.352 e. The zero-order chi connectivity index (χ0) is 14.5. The summed E-state index contributed by atoms with van der Waals surface area (Å²) in [5.41, 5.74) is 3.53. The molecule has 0 radical (unpaired) electrons. The first kappa shape index (κ1) is 14.1. The molecule has 1 heterocycles. The Hall–Kier alpha value is -2.36. The van der Waals surface area contributed by atoms with Gasteiger partial charge in [-0.1, -0.05) is 17.7 Å². The Labute approximate surface area is 119 Å². The molecule has 4 nitrogen and oxygen atoms in total. The van der Waals surface area contributed by atoms with Gasteiger partial charge >= 0.3 is 0 Å². The predicted octanol–water partition coefficient (Wildman–Crippen LogP) is 3.19. The lowest BCUT2D eigenvalue weighted by atomic mass is 10.2. The van der Waals surface area contributed by atoms with Crippen molar-refractivity contribution in [1.29, 1.82) is 0 Å². The number of carbonyl (C=O) groups is 1. The molecule has 1 amide bonds. The molecule has 0 aliphatic rings. The maximum absolute atomic E-state index is 12.0. The highest BCUT2D eigenvalue weighted by Gasteiger charge is 2.12. The van der Waals surface area contributed by atoms with Gasteiger partial charge in [0.15, 0.2) is 0 Å². The third-order valence-electron chi connectivity index (χ3n) is 2.93. The van der Waals surface area contributed by atoms with Crippen LogP contribution in [-0.2, 0) is 0 Å². The molecule has 0 bridgehead atoms. The highest BCUT2D eigenvalue weighted by Crippen LogP contribution is 2.19. The van der Waals surface area contributed by atoms with Crippen molar-refractivity contribution < 1.29 is 4.79 Å². The van der Waals surface area contributed by atoms with Gasteiger partial charge in [-0.2, -0.15) is 0 Å². The molecule has 0 aliphatic carbocycles. The summed E-state index contributed by atoms with van der Waals surface area (Å²) in [6, 6.07) is 11.6. The smallest absolute Gasteiger partial charge is 0.255 e. The van der Waals surface area contributed by atoms with Crippen molar-refractivity contribution in [2.24, 2.45) is 0 Å². The molecule has 0 unspecified atom stereocenters. The first-order valence-electron chi connectivity index (χ1n) is 6.69. The van der Waals surface area contributed by atoms with E-state index >= 15 is 0 Å². The van der Waals surface area contributed by atoms with E-state index in [2.05, 4.69) is 15.6 Å². The van der Waals surface area contributed by atoms with Crippen LogP contribution in [0, 0.1) is 13.8 Å². The second kappa shape index (κ2) is 6.19. The van der Waals surface area contributed by atoms with E-state index in [9.17, 15) is 4.79 Å². The van der Waals surface area contributed by atoms with E-state index < -0.39 is 0 Å². The lowest BCUT2D eigenvalue weighted by Crippen LogP contribution is -2.24. The zero-order valence-corrected chi connectivity index (χ0v) is 12.0. The Morgan fingerprint density at radius 1 is 1.10 bits per heavy atom. The Bertz CT molecular complexity index is 606. The van der Waals surface area contributed by atoms with Crippen LogP contribution in [-0.4, -0.2) is 17.4 Å². The summed E-state index contributed by atoms with van der Waals surface area (Å²) in [4.78, 5) is 16.5. The Morgan fingerprint density at radius 2 is 1.80 bits per heavy atom. The van der Waals surface area contributed by atoms with Gasteiger partial charge in [-0.05, 0) is 45.0 Å². The number of rotatable bonds is 4. The zero-order valence-electron chi connectivity index (χ0n) is 12.0. The maximum atomic E-state index is 12.0. The summed E-state index contributed by atoms with van der Waals surface area (Å²) < 4.78 is 0. The van der Waals surface area contributed by atoms with E-state index in [1.165, 1.54) is 5.56 Å². The molecule has 0 spiro atoms. The molecule has 0 aliphatic heterocycles. The number of aromatic nitrogens is 1. The van der Waals surface area contributed by atoms with Crippen LogP contribution < -0.4 is 10.6 Å². The molecule has 2 rings (SSSR count). The Balaban J connectivity index is 2.31. The summed E-state index contributed by atoms with van der Waals surface area (Å²) in [6.45, 7) is 6.43. The Morgan fingerprint density at radius 3 is 2.45 bits per heavy atom. The number of amides is 1. The molecule has 0 saturated heterocycles. The Kier molecular flexibility index (Phi) is 4.35. The van der Waals surface area contributed by atoms with Crippen LogP contribution in [0.15, 0.2) is 36.4 Å². The third kappa shape index (κ3) is 3.35. The van der Waals surface area contributed by atoms with Crippen LogP contribution in [0.25, 0.3) is 0 Å². The average Bonchev–Trinajstić information content (AvgIpc) is 2.42. The average molecular weight is 269 g/mol. The minimum atomic E-state index is -0.116. The van der Waals surface area contributed by atoms with Gasteiger partial charge < -0.3 is 10.6 Å². The molecule has 0 saturated carbocycles. The number of anilines is 2. The number of aryl methyl sites for hydroxylation is 2. The molecule has 1 aromatic carbocycles. The fourth-order valence-corrected chi connectivity index (χ4v) is 1.86. The minimum Gasteiger partial charge on any atom is -0.352 e. The highest BCUT2D eigenvalue weighted by molar-refractivity contribution is 5.99. The number of hydrogen-bond donors (Lipinski definition) is 2. The van der Waals surface area contributed by atoms with Gasteiger partial charge in [-0.15, -0.1) is 0 Å². The van der Waals surface area contributed by atoms with Gasteiger partial charge in [0.25, 0.3) is 5.91 Å². The van der Waals surface area contributed by atoms with Crippen molar-refractivity contribution in [2.75, 3.05) is 11.9 Å². The number of hydrogen-bond acceptors (Lipinski definition) is 3. The van der Waals surface area contributed by atoms with E-state index in [-0.39, 0.29) is 5.91 Å². The maximum Gasteiger partial charge on any atom is 0.255 e. The van der Waals surface area contributed by atoms with Crippen molar-refractivity contribution in [1.82, 2.24) is 10.3 Å². The van der Waals surface area contributed by atoms with Crippen molar-refractivity contribution in [3.8, 4) is 0 Å². The number of benzene rings is 1. The molecule has 1 aromatic heterocycles. The van der Waals surface area contributed by atoms with Gasteiger partial charge in [-0.3, -0.25) is 4.79 Å². The van der Waals surface area contributed by atoms with Crippen molar-refractivity contribution in [3.05, 3.63) is 53.2 Å². The van der Waals surface area contributed by atoms with Crippen LogP contribution in [0.3, 0.4) is 0 Å². The van der Waals surface area contributed by atoms with E-state index in [0.717, 1.165) is 11.4 Å². The fourth-order valence-electron chi connectivity index (χ4n) is 1.86. The van der Waals surface area contributed by atoms with Gasteiger partial charge in [0.2, 0.25) is 0 Å². The van der Waals surface area contributed by atoms with E-state index in [4.69, 9.17) is 0 Å². The molecule has 2 aromatic rings. The number of nitrogens with one attached hydrogen (secondary N) is 2. The van der Waals surface area contributed by atoms with Crippen molar-refractivity contribution >= 4 is 17.4 Å². The highest BCUT2D eigenvalue weighted by atomic mass is 16.1. The molecule has 0 atom stereocenters. The summed E-state index contributed by atoms with van der Waals surface area (Å²) in [6.07, 6.45) is 0. The van der Waals surface area contributed by atoms with Gasteiger partial charge in [0.05, 0.1) is 5.56 Å². The van der Waals surface area contributed by atoms with Crippen molar-refractivity contribution in [2.45, 2.75) is 20.8 Å². The molecular weight excluding hydrogens is 250 g/mol. The van der Waals surface area contributed by atoms with Gasteiger partial charge in [-0.25, -0.2) is 4.98 Å². The van der Waals surface area contributed by atoms with E-state index in [0.29, 0.717) is 17.9 Å². The molecule has 4 heteroatoms. The first-order valence-corrected chi connectivity index (χ1v) is 6.69. The van der Waals surface area contributed by atoms with Crippen molar-refractivity contribution in [3.63, 3.8) is 0 Å². The second-order valence-electron chi connectivity index (χ2n) is 4.70. The van der Waals surface area contributed by atoms with Crippen LogP contribution in [0.5, 0.6) is 0 Å². The fraction of sp³-hybridized carbons (Fsp3) is 0.250. The van der Waals surface area contributed by atoms with Crippen LogP contribution in [0.4, 0.5) is 11.5 Å². The lowest BCUT2D eigenvalue weighted by Gasteiger charge is -2.12. The molecule has 104 valence electrons. The molecular formula is C16H19N3O. The predicted molar refractivity (Wildman–Crippen MR) is 81.4 cm³/mol. The summed E-state index contributed by atoms with van der Waals surface area (Å²) in [5.74, 6) is 0.467. The number of nitrogens with zero attached hydrogens (tertiary/aromatic N) is 1. The number of carbonyl (C=O) groups excluding carboxylic acids is 1. The SMILES string of the molecule is CCNC(=O)c1ccc(C)nc1Nc1ccc(C)cc1. The van der Waals surface area contributed by atoms with E-state index in [1.807, 2.05) is 51.1 Å². The minimum absolute atomic E-state index is 0.116. The summed E-state index contributed by atoms with van der Waals surface area (Å²) in [5, 5.41) is 6.01. The third-order valence-corrected chi connectivity index (χ3v) is 2.93. The normalized spacial score (nSPS) is 10.2. The van der Waals surface area contributed by atoms with Gasteiger partial charge in [0, 0.05) is 17.9 Å². The standard InChI is InChI=1S/C16H19N3O/c1-4-17-16(20)14-10-7-12(3)18-15(14)19-13-8-5-11(2)6-9-13/h5-10H,4H2,1-3H3,(H,17,20)(H,18,19). The van der Waals surface area contributed by atoms with Crippen LogP contribution >= 0.6 is 0 Å². The molecule has 0 fully saturated rings. The second-order valence-corrected chi connectivity index (χ2v) is 4.70. The summed E-state index contributed by atoms with van der Waals surface area (Å²) >= 11 is 0. The molecule has 2 N–H and O–H groups in total. The monoisotopic (exact) mass is 269 g/mol. The van der Waals surface area contributed by atoms with Crippen LogP contribution in [0.1, 0.15) is 28.5 Å².